The molecule has 0 aromatic heterocycles. The molecule has 2 atom stereocenters. The minimum Gasteiger partial charge on any atom is -0.462 e. The quantitative estimate of drug-likeness (QED) is 0.738. The van der Waals surface area contributed by atoms with Crippen LogP contribution in [0.15, 0.2) is 54.6 Å². The van der Waals surface area contributed by atoms with Gasteiger partial charge in [-0.25, -0.2) is 4.79 Å². The summed E-state index contributed by atoms with van der Waals surface area (Å²) in [5.41, 5.74) is 2.04. The number of carbonyl (C=O) groups is 3. The summed E-state index contributed by atoms with van der Waals surface area (Å²) in [6.07, 6.45) is 0.549. The molecule has 1 saturated carbocycles. The van der Waals surface area contributed by atoms with Crippen molar-refractivity contribution in [3.05, 3.63) is 65.7 Å². The van der Waals surface area contributed by atoms with Crippen LogP contribution in [0.5, 0.6) is 0 Å². The van der Waals surface area contributed by atoms with Crippen LogP contribution in [0.1, 0.15) is 29.3 Å². The fourth-order valence-electron chi connectivity index (χ4n) is 2.83. The van der Waals surface area contributed by atoms with Crippen molar-refractivity contribution in [3.63, 3.8) is 0 Å². The van der Waals surface area contributed by atoms with E-state index in [4.69, 9.17) is 4.74 Å². The number of nitrogens with one attached hydrogen (secondary N) is 2. The van der Waals surface area contributed by atoms with Gasteiger partial charge in [-0.1, -0.05) is 30.3 Å². The fourth-order valence-corrected chi connectivity index (χ4v) is 2.83. The Morgan fingerprint density at radius 2 is 1.63 bits per heavy atom. The van der Waals surface area contributed by atoms with Gasteiger partial charge < -0.3 is 15.4 Å². The molecule has 2 aromatic carbocycles. The van der Waals surface area contributed by atoms with E-state index in [0.717, 1.165) is 5.56 Å². The molecule has 2 aromatic rings. The molecular weight excluding hydrogens is 344 g/mol. The van der Waals surface area contributed by atoms with Gasteiger partial charge in [0, 0.05) is 12.2 Å². The van der Waals surface area contributed by atoms with Crippen LogP contribution in [-0.4, -0.2) is 24.4 Å². The van der Waals surface area contributed by atoms with Gasteiger partial charge in [0.05, 0.1) is 24.0 Å². The smallest absolute Gasteiger partial charge is 0.338 e. The molecule has 2 unspecified atom stereocenters. The highest BCUT2D eigenvalue weighted by atomic mass is 16.5. The van der Waals surface area contributed by atoms with Crippen molar-refractivity contribution in [2.24, 2.45) is 11.8 Å². The van der Waals surface area contributed by atoms with E-state index in [1.165, 1.54) is 0 Å². The van der Waals surface area contributed by atoms with Gasteiger partial charge in [0.2, 0.25) is 11.8 Å². The average Bonchev–Trinajstić information content (AvgIpc) is 3.49. The number of amides is 2. The first-order valence-electron chi connectivity index (χ1n) is 8.98. The normalized spacial score (nSPS) is 17.7. The number of rotatable bonds is 7. The van der Waals surface area contributed by atoms with Gasteiger partial charge in [-0.3, -0.25) is 9.59 Å². The number of anilines is 1. The van der Waals surface area contributed by atoms with E-state index in [-0.39, 0.29) is 23.7 Å². The predicted molar refractivity (Wildman–Crippen MR) is 101 cm³/mol. The number of hydrogen-bond donors (Lipinski definition) is 2. The van der Waals surface area contributed by atoms with Gasteiger partial charge in [-0.05, 0) is 43.2 Å². The molecule has 0 saturated heterocycles. The second-order valence-electron chi connectivity index (χ2n) is 6.44. The average molecular weight is 366 g/mol. The van der Waals surface area contributed by atoms with E-state index in [1.807, 2.05) is 30.3 Å². The Balaban J connectivity index is 1.47. The van der Waals surface area contributed by atoms with Crippen molar-refractivity contribution >= 4 is 23.5 Å². The Kier molecular flexibility index (Phi) is 5.86. The third-order valence-corrected chi connectivity index (χ3v) is 4.44. The Labute approximate surface area is 157 Å². The third kappa shape index (κ3) is 4.94. The predicted octanol–water partition coefficient (Wildman–Crippen LogP) is 2.75. The van der Waals surface area contributed by atoms with Crippen LogP contribution in [0.4, 0.5) is 5.69 Å². The largest absolute Gasteiger partial charge is 0.462 e. The van der Waals surface area contributed by atoms with Crippen molar-refractivity contribution in [2.75, 3.05) is 11.9 Å². The summed E-state index contributed by atoms with van der Waals surface area (Å²) in [7, 11) is 0. The van der Waals surface area contributed by atoms with Gasteiger partial charge in [0.15, 0.2) is 0 Å². The monoisotopic (exact) mass is 366 g/mol. The molecule has 1 aliphatic carbocycles. The lowest BCUT2D eigenvalue weighted by Crippen LogP contribution is -2.27. The van der Waals surface area contributed by atoms with E-state index in [2.05, 4.69) is 10.6 Å². The molecule has 0 spiro atoms. The lowest BCUT2D eigenvalue weighted by atomic mass is 10.2. The van der Waals surface area contributed by atoms with E-state index < -0.39 is 5.97 Å². The van der Waals surface area contributed by atoms with Crippen molar-refractivity contribution in [2.45, 2.75) is 19.9 Å². The van der Waals surface area contributed by atoms with Crippen molar-refractivity contribution < 1.29 is 19.1 Å². The van der Waals surface area contributed by atoms with E-state index in [0.29, 0.717) is 30.8 Å². The van der Waals surface area contributed by atoms with Gasteiger partial charge in [0.1, 0.15) is 0 Å². The summed E-state index contributed by atoms with van der Waals surface area (Å²) in [6.45, 7) is 2.51. The van der Waals surface area contributed by atoms with E-state index >= 15 is 0 Å². The molecule has 0 heterocycles. The molecule has 2 N–H and O–H groups in total. The first kappa shape index (κ1) is 18.6. The third-order valence-electron chi connectivity index (χ3n) is 4.44. The SMILES string of the molecule is CCOC(=O)c1ccc(NC(=O)C2CC2C(=O)NCc2ccccc2)cc1. The first-order chi connectivity index (χ1) is 13.1. The Hall–Kier alpha value is -3.15. The van der Waals surface area contributed by atoms with Crippen LogP contribution in [0, 0.1) is 11.8 Å². The van der Waals surface area contributed by atoms with Crippen LogP contribution in [0.25, 0.3) is 0 Å². The summed E-state index contributed by atoms with van der Waals surface area (Å²) < 4.78 is 4.92. The molecular formula is C21H22N2O4. The van der Waals surface area contributed by atoms with Crippen LogP contribution in [0.2, 0.25) is 0 Å². The topological polar surface area (TPSA) is 84.5 Å². The Morgan fingerprint density at radius 3 is 2.30 bits per heavy atom. The highest BCUT2D eigenvalue weighted by Crippen LogP contribution is 2.39. The van der Waals surface area contributed by atoms with Gasteiger partial charge in [-0.2, -0.15) is 0 Å². The minimum absolute atomic E-state index is 0.100. The fraction of sp³-hybridized carbons (Fsp3) is 0.286. The summed E-state index contributed by atoms with van der Waals surface area (Å²) in [6, 6.07) is 16.1. The molecule has 6 nitrogen and oxygen atoms in total. The number of ether oxygens (including phenoxy) is 1. The summed E-state index contributed by atoms with van der Waals surface area (Å²) in [5, 5.41) is 5.66. The molecule has 1 aliphatic rings. The zero-order valence-corrected chi connectivity index (χ0v) is 15.1. The lowest BCUT2D eigenvalue weighted by molar-refractivity contribution is -0.125. The second kappa shape index (κ2) is 8.49. The van der Waals surface area contributed by atoms with Gasteiger partial charge in [-0.15, -0.1) is 0 Å². The van der Waals surface area contributed by atoms with Crippen LogP contribution < -0.4 is 10.6 Å². The molecule has 0 radical (unpaired) electrons. The zero-order valence-electron chi connectivity index (χ0n) is 15.1. The van der Waals surface area contributed by atoms with Crippen molar-refractivity contribution in [1.82, 2.24) is 5.32 Å². The maximum absolute atomic E-state index is 12.3. The molecule has 3 rings (SSSR count). The summed E-state index contributed by atoms with van der Waals surface area (Å²) >= 11 is 0. The number of carbonyl (C=O) groups excluding carboxylic acids is 3. The highest BCUT2D eigenvalue weighted by molar-refractivity contribution is 5.99. The molecule has 0 aliphatic heterocycles. The lowest BCUT2D eigenvalue weighted by Gasteiger charge is -2.07. The molecule has 0 bridgehead atoms. The van der Waals surface area contributed by atoms with Crippen LogP contribution in [-0.2, 0) is 20.9 Å². The van der Waals surface area contributed by atoms with Crippen molar-refractivity contribution in [1.29, 1.82) is 0 Å². The Bertz CT molecular complexity index is 818. The summed E-state index contributed by atoms with van der Waals surface area (Å²) in [5.74, 6) is -1.28. The standard InChI is InChI=1S/C21H22N2O4/c1-2-27-21(26)15-8-10-16(11-9-15)23-20(25)18-12-17(18)19(24)22-13-14-6-4-3-5-7-14/h3-11,17-18H,2,12-13H2,1H3,(H,22,24)(H,23,25). The first-order valence-corrected chi connectivity index (χ1v) is 8.98. The van der Waals surface area contributed by atoms with Gasteiger partial charge >= 0.3 is 5.97 Å². The number of hydrogen-bond acceptors (Lipinski definition) is 4. The minimum atomic E-state index is -0.396. The maximum atomic E-state index is 12.3. The molecule has 2 amide bonds. The van der Waals surface area contributed by atoms with Crippen LogP contribution in [0.3, 0.4) is 0 Å². The maximum Gasteiger partial charge on any atom is 0.338 e. The van der Waals surface area contributed by atoms with E-state index in [1.54, 1.807) is 31.2 Å². The highest BCUT2D eigenvalue weighted by Gasteiger charge is 2.47. The van der Waals surface area contributed by atoms with Gasteiger partial charge in [0.25, 0.3) is 0 Å². The van der Waals surface area contributed by atoms with E-state index in [9.17, 15) is 14.4 Å². The summed E-state index contributed by atoms with van der Waals surface area (Å²) in [4.78, 5) is 36.1. The van der Waals surface area contributed by atoms with Crippen LogP contribution >= 0.6 is 0 Å². The molecule has 140 valence electrons. The Morgan fingerprint density at radius 1 is 0.963 bits per heavy atom. The molecule has 27 heavy (non-hydrogen) atoms. The number of benzene rings is 2. The number of esters is 1. The van der Waals surface area contributed by atoms with Crippen molar-refractivity contribution in [3.8, 4) is 0 Å². The second-order valence-corrected chi connectivity index (χ2v) is 6.44. The molecule has 1 fully saturated rings. The molecule has 6 heteroatoms. The zero-order chi connectivity index (χ0) is 19.2.